The highest BCUT2D eigenvalue weighted by Gasteiger charge is 2.01. The number of aromatic nitrogens is 4. The molecule has 0 bridgehead atoms. The summed E-state index contributed by atoms with van der Waals surface area (Å²) in [6.07, 6.45) is 3.38. The zero-order chi connectivity index (χ0) is 12.8. The van der Waals surface area contributed by atoms with Crippen molar-refractivity contribution in [1.29, 1.82) is 0 Å². The molecule has 0 saturated carbocycles. The Morgan fingerprint density at radius 1 is 1.44 bits per heavy atom. The molecule has 2 N–H and O–H groups in total. The lowest BCUT2D eigenvalue weighted by Crippen LogP contribution is -2.03. The molecule has 96 valence electrons. The summed E-state index contributed by atoms with van der Waals surface area (Å²) in [6, 6.07) is 3.73. The van der Waals surface area contributed by atoms with E-state index in [0.29, 0.717) is 19.0 Å². The summed E-state index contributed by atoms with van der Waals surface area (Å²) in [5, 5.41) is 4.92. The van der Waals surface area contributed by atoms with Gasteiger partial charge in [0, 0.05) is 31.6 Å². The average Bonchev–Trinajstić information content (AvgIpc) is 2.81. The number of nitrogens with two attached hydrogens (primary N) is 1. The topological polar surface area (TPSA) is 78.9 Å². The normalized spacial score (nSPS) is 10.6. The molecule has 2 aromatic heterocycles. The molecule has 0 aromatic carbocycles. The van der Waals surface area contributed by atoms with Gasteiger partial charge in [-0.25, -0.2) is 9.97 Å². The van der Waals surface area contributed by atoms with Crippen molar-refractivity contribution < 1.29 is 4.74 Å². The van der Waals surface area contributed by atoms with E-state index in [-0.39, 0.29) is 0 Å². The molecule has 18 heavy (non-hydrogen) atoms. The highest BCUT2D eigenvalue weighted by atomic mass is 32.2. The van der Waals surface area contributed by atoms with Crippen LogP contribution in [0.4, 0.5) is 0 Å². The van der Waals surface area contributed by atoms with Crippen molar-refractivity contribution in [1.82, 2.24) is 19.7 Å². The lowest BCUT2D eigenvalue weighted by atomic mass is 10.3. The number of thioether (sulfide) groups is 1. The van der Waals surface area contributed by atoms with Gasteiger partial charge in [-0.1, -0.05) is 11.8 Å². The Kier molecular flexibility index (Phi) is 4.54. The Hall–Kier alpha value is -1.60. The summed E-state index contributed by atoms with van der Waals surface area (Å²) in [7, 11) is 1.84. The molecule has 2 heterocycles. The van der Waals surface area contributed by atoms with Gasteiger partial charge in [-0.3, -0.25) is 4.68 Å². The highest BCUT2D eigenvalue weighted by molar-refractivity contribution is 7.99. The fraction of sp³-hybridized carbons (Fsp3) is 0.364. The van der Waals surface area contributed by atoms with E-state index < -0.39 is 0 Å². The predicted octanol–water partition coefficient (Wildman–Crippen LogP) is 0.840. The number of ether oxygens (including phenoxy) is 1. The molecule has 2 rings (SSSR count). The van der Waals surface area contributed by atoms with Crippen LogP contribution in [-0.4, -0.2) is 32.1 Å². The molecular weight excluding hydrogens is 250 g/mol. The fourth-order valence-electron chi connectivity index (χ4n) is 1.32. The molecule has 0 fully saturated rings. The first-order valence-electron chi connectivity index (χ1n) is 5.54. The molecule has 0 aliphatic heterocycles. The van der Waals surface area contributed by atoms with E-state index in [4.69, 9.17) is 10.5 Å². The van der Waals surface area contributed by atoms with Crippen LogP contribution in [0.3, 0.4) is 0 Å². The van der Waals surface area contributed by atoms with Gasteiger partial charge < -0.3 is 10.5 Å². The van der Waals surface area contributed by atoms with Gasteiger partial charge in [-0.05, 0) is 11.6 Å². The summed E-state index contributed by atoms with van der Waals surface area (Å²) in [6.45, 7) is 1.05. The molecule has 6 nitrogen and oxygen atoms in total. The van der Waals surface area contributed by atoms with Crippen LogP contribution in [0, 0.1) is 0 Å². The molecule has 0 aliphatic carbocycles. The summed E-state index contributed by atoms with van der Waals surface area (Å²) in [5.41, 5.74) is 6.56. The number of pyridine rings is 1. The molecular formula is C11H15N5OS. The van der Waals surface area contributed by atoms with E-state index >= 15 is 0 Å². The van der Waals surface area contributed by atoms with Crippen molar-refractivity contribution in [3.05, 3.63) is 30.2 Å². The summed E-state index contributed by atoms with van der Waals surface area (Å²) in [4.78, 5) is 8.23. The molecule has 0 saturated heterocycles. The van der Waals surface area contributed by atoms with E-state index in [0.717, 1.165) is 16.5 Å². The highest BCUT2D eigenvalue weighted by Crippen LogP contribution is 2.13. The maximum Gasteiger partial charge on any atom is 0.213 e. The smallest absolute Gasteiger partial charge is 0.213 e. The first-order chi connectivity index (χ1) is 8.78. The number of rotatable bonds is 6. The minimum absolute atomic E-state index is 0.492. The van der Waals surface area contributed by atoms with Gasteiger partial charge in [0.1, 0.15) is 6.33 Å². The first kappa shape index (κ1) is 12.8. The molecule has 0 amide bonds. The van der Waals surface area contributed by atoms with Crippen molar-refractivity contribution in [2.75, 3.05) is 12.4 Å². The van der Waals surface area contributed by atoms with Gasteiger partial charge >= 0.3 is 0 Å². The van der Waals surface area contributed by atoms with Crippen molar-refractivity contribution in [2.45, 2.75) is 11.7 Å². The van der Waals surface area contributed by atoms with Gasteiger partial charge in [0.2, 0.25) is 11.0 Å². The summed E-state index contributed by atoms with van der Waals surface area (Å²) < 4.78 is 7.20. The van der Waals surface area contributed by atoms with E-state index in [1.54, 1.807) is 29.0 Å². The second-order valence-corrected chi connectivity index (χ2v) is 4.67. The SMILES string of the molecule is Cn1cnc(SCCOc2cc(CN)ccn2)n1. The molecule has 0 spiro atoms. The minimum atomic E-state index is 0.492. The molecule has 2 aromatic rings. The monoisotopic (exact) mass is 265 g/mol. The summed E-state index contributed by atoms with van der Waals surface area (Å²) in [5.74, 6) is 1.38. The van der Waals surface area contributed by atoms with Gasteiger partial charge in [-0.15, -0.1) is 5.10 Å². The number of hydrogen-bond acceptors (Lipinski definition) is 6. The van der Waals surface area contributed by atoms with Crippen LogP contribution in [0.2, 0.25) is 0 Å². The van der Waals surface area contributed by atoms with Gasteiger partial charge in [0.25, 0.3) is 0 Å². The maximum atomic E-state index is 5.55. The van der Waals surface area contributed by atoms with Crippen LogP contribution in [0.25, 0.3) is 0 Å². The zero-order valence-electron chi connectivity index (χ0n) is 10.1. The molecule has 0 unspecified atom stereocenters. The maximum absolute atomic E-state index is 5.55. The number of hydrogen-bond donors (Lipinski definition) is 1. The summed E-state index contributed by atoms with van der Waals surface area (Å²) >= 11 is 1.55. The largest absolute Gasteiger partial charge is 0.477 e. The third-order valence-corrected chi connectivity index (χ3v) is 2.99. The van der Waals surface area contributed by atoms with E-state index in [1.807, 2.05) is 19.2 Å². The van der Waals surface area contributed by atoms with Crippen molar-refractivity contribution in [3.8, 4) is 5.88 Å². The fourth-order valence-corrected chi connectivity index (χ4v) is 1.98. The van der Waals surface area contributed by atoms with E-state index in [9.17, 15) is 0 Å². The lowest BCUT2D eigenvalue weighted by Gasteiger charge is -2.05. The Morgan fingerprint density at radius 3 is 3.06 bits per heavy atom. The molecule has 0 atom stereocenters. The number of nitrogens with zero attached hydrogens (tertiary/aromatic N) is 4. The average molecular weight is 265 g/mol. The zero-order valence-corrected chi connectivity index (χ0v) is 10.9. The third-order valence-electron chi connectivity index (χ3n) is 2.18. The predicted molar refractivity (Wildman–Crippen MR) is 69.4 cm³/mol. The molecule has 7 heteroatoms. The van der Waals surface area contributed by atoms with Crippen LogP contribution in [-0.2, 0) is 13.6 Å². The van der Waals surface area contributed by atoms with E-state index in [2.05, 4.69) is 15.1 Å². The molecule has 0 radical (unpaired) electrons. The lowest BCUT2D eigenvalue weighted by molar-refractivity contribution is 0.330. The van der Waals surface area contributed by atoms with Crippen LogP contribution in [0.5, 0.6) is 5.88 Å². The van der Waals surface area contributed by atoms with Crippen molar-refractivity contribution in [3.63, 3.8) is 0 Å². The van der Waals surface area contributed by atoms with Crippen molar-refractivity contribution >= 4 is 11.8 Å². The second-order valence-electron chi connectivity index (χ2n) is 3.60. The van der Waals surface area contributed by atoms with Crippen LogP contribution >= 0.6 is 11.8 Å². The Morgan fingerprint density at radius 2 is 2.33 bits per heavy atom. The minimum Gasteiger partial charge on any atom is -0.477 e. The number of aryl methyl sites for hydroxylation is 1. The Bertz CT molecular complexity index is 502. The standard InChI is InChI=1S/C11H15N5OS/c1-16-8-14-11(15-16)18-5-4-17-10-6-9(7-12)2-3-13-10/h2-3,6,8H,4-5,7,12H2,1H3. The second kappa shape index (κ2) is 6.36. The first-order valence-corrected chi connectivity index (χ1v) is 6.52. The van der Waals surface area contributed by atoms with Gasteiger partial charge in [-0.2, -0.15) is 0 Å². The van der Waals surface area contributed by atoms with E-state index in [1.165, 1.54) is 0 Å². The van der Waals surface area contributed by atoms with Gasteiger partial charge in [0.05, 0.1) is 6.61 Å². The van der Waals surface area contributed by atoms with Crippen LogP contribution in [0.1, 0.15) is 5.56 Å². The van der Waals surface area contributed by atoms with Crippen LogP contribution < -0.4 is 10.5 Å². The molecule has 0 aliphatic rings. The Balaban J connectivity index is 1.74. The van der Waals surface area contributed by atoms with Gasteiger partial charge in [0.15, 0.2) is 0 Å². The van der Waals surface area contributed by atoms with Crippen molar-refractivity contribution in [2.24, 2.45) is 12.8 Å². The quantitative estimate of drug-likeness (QED) is 0.616. The van der Waals surface area contributed by atoms with Crippen LogP contribution in [0.15, 0.2) is 29.8 Å². The Labute approximate surface area is 110 Å². The third kappa shape index (κ3) is 3.71.